The highest BCUT2D eigenvalue weighted by Gasteiger charge is 2.11. The van der Waals surface area contributed by atoms with Crippen molar-refractivity contribution in [2.24, 2.45) is 0 Å². The summed E-state index contributed by atoms with van der Waals surface area (Å²) in [6, 6.07) is 7.90. The molecule has 2 rings (SSSR count). The van der Waals surface area contributed by atoms with E-state index in [2.05, 4.69) is 4.98 Å². The van der Waals surface area contributed by atoms with E-state index >= 15 is 0 Å². The van der Waals surface area contributed by atoms with Crippen LogP contribution in [0.5, 0.6) is 0 Å². The maximum absolute atomic E-state index is 11.8. The van der Waals surface area contributed by atoms with Gasteiger partial charge in [-0.05, 0) is 18.9 Å². The summed E-state index contributed by atoms with van der Waals surface area (Å²) in [6.07, 6.45) is 0.451. The molecule has 6 heteroatoms. The fourth-order valence-corrected chi connectivity index (χ4v) is 2.41. The van der Waals surface area contributed by atoms with E-state index in [1.807, 2.05) is 31.2 Å². The smallest absolute Gasteiger partial charge is 0.331 e. The van der Waals surface area contributed by atoms with E-state index in [-0.39, 0.29) is 11.9 Å². The van der Waals surface area contributed by atoms with Crippen LogP contribution in [0.4, 0.5) is 0 Å². The Bertz CT molecular complexity index is 749. The van der Waals surface area contributed by atoms with Gasteiger partial charge in [-0.1, -0.05) is 48.4 Å². The summed E-state index contributed by atoms with van der Waals surface area (Å²) < 4.78 is 6.74. The molecule has 2 aromatic rings. The lowest BCUT2D eigenvalue weighted by Gasteiger charge is -2.11. The van der Waals surface area contributed by atoms with Crippen molar-refractivity contribution >= 4 is 11.6 Å². The van der Waals surface area contributed by atoms with Crippen LogP contribution in [0.25, 0.3) is 0 Å². The number of halogens is 1. The Balaban J connectivity index is 2.14. The Morgan fingerprint density at radius 3 is 2.76 bits per heavy atom. The molecular formula is C15H17ClN2O3. The molecule has 0 amide bonds. The van der Waals surface area contributed by atoms with Gasteiger partial charge in [0, 0.05) is 0 Å². The van der Waals surface area contributed by atoms with Crippen molar-refractivity contribution in [2.75, 3.05) is 0 Å². The van der Waals surface area contributed by atoms with Crippen molar-refractivity contribution in [1.29, 1.82) is 0 Å². The van der Waals surface area contributed by atoms with Gasteiger partial charge in [0.2, 0.25) is 0 Å². The summed E-state index contributed by atoms with van der Waals surface area (Å²) in [6.45, 7) is 4.17. The van der Waals surface area contributed by atoms with Crippen LogP contribution in [0.3, 0.4) is 0 Å². The van der Waals surface area contributed by atoms with Crippen LogP contribution >= 0.6 is 11.6 Å². The first-order chi connectivity index (χ1) is 10.0. The molecule has 0 saturated heterocycles. The highest BCUT2D eigenvalue weighted by molar-refractivity contribution is 6.30. The van der Waals surface area contributed by atoms with E-state index in [1.165, 1.54) is 4.57 Å². The number of aromatic amines is 1. The molecule has 0 saturated carbocycles. The van der Waals surface area contributed by atoms with E-state index in [4.69, 9.17) is 16.3 Å². The number of benzene rings is 1. The van der Waals surface area contributed by atoms with Gasteiger partial charge < -0.3 is 4.74 Å². The molecule has 0 spiro atoms. The average molecular weight is 309 g/mol. The second-order valence-corrected chi connectivity index (χ2v) is 5.13. The molecule has 0 radical (unpaired) electrons. The van der Waals surface area contributed by atoms with Crippen LogP contribution in [0, 0.1) is 6.92 Å². The number of aryl methyl sites for hydroxylation is 1. The standard InChI is InChI=1S/C15H17ClN2O3/c1-3-12-13(16)18(15(20)17-14(12)19)9-21-8-11-6-4-5-10(2)7-11/h4-7H,3,8-9H2,1-2H3,(H,17,19,20). The van der Waals surface area contributed by atoms with Crippen molar-refractivity contribution in [2.45, 2.75) is 33.6 Å². The molecule has 1 N–H and O–H groups in total. The van der Waals surface area contributed by atoms with Crippen LogP contribution in [-0.2, 0) is 24.5 Å². The number of aromatic nitrogens is 2. The highest BCUT2D eigenvalue weighted by atomic mass is 35.5. The zero-order valence-electron chi connectivity index (χ0n) is 12.0. The Hall–Kier alpha value is -1.85. The van der Waals surface area contributed by atoms with Crippen molar-refractivity contribution in [3.05, 3.63) is 66.9 Å². The lowest BCUT2D eigenvalue weighted by molar-refractivity contribution is 0.0608. The van der Waals surface area contributed by atoms with Gasteiger partial charge in [0.25, 0.3) is 5.56 Å². The van der Waals surface area contributed by atoms with Crippen LogP contribution in [-0.4, -0.2) is 9.55 Å². The normalized spacial score (nSPS) is 10.8. The largest absolute Gasteiger partial charge is 0.356 e. The quantitative estimate of drug-likeness (QED) is 0.862. The van der Waals surface area contributed by atoms with Gasteiger partial charge in [-0.25, -0.2) is 4.79 Å². The lowest BCUT2D eigenvalue weighted by Crippen LogP contribution is -2.33. The molecule has 21 heavy (non-hydrogen) atoms. The first-order valence-electron chi connectivity index (χ1n) is 6.67. The van der Waals surface area contributed by atoms with Crippen molar-refractivity contribution in [3.8, 4) is 0 Å². The molecule has 0 unspecified atom stereocenters. The number of nitrogens with one attached hydrogen (secondary N) is 1. The SMILES string of the molecule is CCc1c(Cl)n(COCc2cccc(C)c2)c(=O)[nH]c1=O. The van der Waals surface area contributed by atoms with Gasteiger partial charge in [-0.3, -0.25) is 14.3 Å². The van der Waals surface area contributed by atoms with E-state index in [1.54, 1.807) is 6.92 Å². The van der Waals surface area contributed by atoms with Crippen LogP contribution < -0.4 is 11.2 Å². The fraction of sp³-hybridized carbons (Fsp3) is 0.333. The Kier molecular flexibility index (Phi) is 4.98. The van der Waals surface area contributed by atoms with Crippen LogP contribution in [0.1, 0.15) is 23.6 Å². The predicted octanol–water partition coefficient (Wildman–Crippen LogP) is 2.24. The number of nitrogens with zero attached hydrogens (tertiary/aromatic N) is 1. The first kappa shape index (κ1) is 15.5. The summed E-state index contributed by atoms with van der Waals surface area (Å²) in [5.74, 6) is 0. The van der Waals surface area contributed by atoms with E-state index in [0.29, 0.717) is 18.6 Å². The molecule has 1 heterocycles. The van der Waals surface area contributed by atoms with Gasteiger partial charge in [-0.15, -0.1) is 0 Å². The maximum atomic E-state index is 11.8. The minimum Gasteiger partial charge on any atom is -0.356 e. The van der Waals surface area contributed by atoms with Crippen LogP contribution in [0.2, 0.25) is 5.15 Å². The Morgan fingerprint density at radius 1 is 1.33 bits per heavy atom. The topological polar surface area (TPSA) is 64.1 Å². The maximum Gasteiger partial charge on any atom is 0.331 e. The molecule has 5 nitrogen and oxygen atoms in total. The number of rotatable bonds is 5. The van der Waals surface area contributed by atoms with Gasteiger partial charge in [0.05, 0.1) is 12.2 Å². The predicted molar refractivity (Wildman–Crippen MR) is 81.7 cm³/mol. The van der Waals surface area contributed by atoms with Crippen molar-refractivity contribution < 1.29 is 4.74 Å². The molecule has 0 bridgehead atoms. The zero-order valence-corrected chi connectivity index (χ0v) is 12.7. The minimum atomic E-state index is -0.563. The molecule has 0 fully saturated rings. The van der Waals surface area contributed by atoms with E-state index in [9.17, 15) is 9.59 Å². The second-order valence-electron chi connectivity index (χ2n) is 4.78. The van der Waals surface area contributed by atoms with Gasteiger partial charge >= 0.3 is 5.69 Å². The van der Waals surface area contributed by atoms with Crippen molar-refractivity contribution in [3.63, 3.8) is 0 Å². The summed E-state index contributed by atoms with van der Waals surface area (Å²) in [5.41, 5.74) is 1.53. The lowest BCUT2D eigenvalue weighted by atomic mass is 10.1. The van der Waals surface area contributed by atoms with Crippen molar-refractivity contribution in [1.82, 2.24) is 9.55 Å². The van der Waals surface area contributed by atoms with E-state index in [0.717, 1.165) is 11.1 Å². The average Bonchev–Trinajstić information content (AvgIpc) is 2.43. The third-order valence-electron chi connectivity index (χ3n) is 3.15. The number of ether oxygens (including phenoxy) is 1. The van der Waals surface area contributed by atoms with Gasteiger partial charge in [0.15, 0.2) is 0 Å². The summed E-state index contributed by atoms with van der Waals surface area (Å²) in [7, 11) is 0. The number of hydrogen-bond donors (Lipinski definition) is 1. The third-order valence-corrected chi connectivity index (χ3v) is 3.58. The minimum absolute atomic E-state index is 0.00457. The molecule has 1 aromatic heterocycles. The van der Waals surface area contributed by atoms with Gasteiger partial charge in [-0.2, -0.15) is 0 Å². The third kappa shape index (κ3) is 3.62. The molecule has 0 aliphatic carbocycles. The molecule has 0 aliphatic rings. The number of H-pyrrole nitrogens is 1. The number of hydrogen-bond acceptors (Lipinski definition) is 3. The Morgan fingerprint density at radius 2 is 2.10 bits per heavy atom. The molecular weight excluding hydrogens is 292 g/mol. The molecule has 0 atom stereocenters. The van der Waals surface area contributed by atoms with Crippen LogP contribution in [0.15, 0.2) is 33.9 Å². The second kappa shape index (κ2) is 6.74. The van der Waals surface area contributed by atoms with Gasteiger partial charge in [0.1, 0.15) is 11.9 Å². The van der Waals surface area contributed by atoms with E-state index < -0.39 is 11.2 Å². The summed E-state index contributed by atoms with van der Waals surface area (Å²) in [5, 5.41) is 0.135. The molecule has 0 aliphatic heterocycles. The Labute approximate surface area is 127 Å². The summed E-state index contributed by atoms with van der Waals surface area (Å²) in [4.78, 5) is 25.6. The summed E-state index contributed by atoms with van der Waals surface area (Å²) >= 11 is 6.09. The monoisotopic (exact) mass is 308 g/mol. The fourth-order valence-electron chi connectivity index (χ4n) is 2.06. The molecule has 1 aromatic carbocycles. The zero-order chi connectivity index (χ0) is 15.4. The highest BCUT2D eigenvalue weighted by Crippen LogP contribution is 2.11. The first-order valence-corrected chi connectivity index (χ1v) is 7.05. The molecule has 112 valence electrons.